The third-order valence-corrected chi connectivity index (χ3v) is 3.52. The van der Waals surface area contributed by atoms with Crippen molar-refractivity contribution in [2.24, 2.45) is 0 Å². The van der Waals surface area contributed by atoms with Gasteiger partial charge in [0.15, 0.2) is 0 Å². The smallest absolute Gasteiger partial charge is 0.224 e. The van der Waals surface area contributed by atoms with Gasteiger partial charge in [-0.25, -0.2) is 4.98 Å². The van der Waals surface area contributed by atoms with Crippen molar-refractivity contribution in [3.05, 3.63) is 48.2 Å². The number of nitrogens with zero attached hydrogens (tertiary/aromatic N) is 3. The van der Waals surface area contributed by atoms with Gasteiger partial charge in [-0.05, 0) is 18.1 Å². The van der Waals surface area contributed by atoms with E-state index in [9.17, 15) is 0 Å². The summed E-state index contributed by atoms with van der Waals surface area (Å²) in [4.78, 5) is 11.1. The van der Waals surface area contributed by atoms with E-state index in [0.29, 0.717) is 5.95 Å². The molecule has 21 heavy (non-hydrogen) atoms. The molecule has 5 heteroatoms. The molecule has 5 nitrogen and oxygen atoms in total. The molecule has 1 fully saturated rings. The van der Waals surface area contributed by atoms with Crippen LogP contribution in [0.15, 0.2) is 42.6 Å². The number of morpholine rings is 1. The average Bonchev–Trinajstić information content (AvgIpc) is 2.57. The van der Waals surface area contributed by atoms with Gasteiger partial charge in [0.2, 0.25) is 5.95 Å². The normalized spacial score (nSPS) is 15.0. The molecule has 0 radical (unpaired) electrons. The third-order valence-electron chi connectivity index (χ3n) is 3.52. The number of ether oxygens (including phenoxy) is 1. The van der Waals surface area contributed by atoms with E-state index in [1.807, 2.05) is 18.3 Å². The highest BCUT2D eigenvalue weighted by Crippen LogP contribution is 2.13. The molecule has 110 valence electrons. The lowest BCUT2D eigenvalue weighted by atomic mass is 10.1. The van der Waals surface area contributed by atoms with E-state index >= 15 is 0 Å². The maximum absolute atomic E-state index is 5.36. The minimum Gasteiger partial charge on any atom is -0.378 e. The molecule has 2 heterocycles. The van der Waals surface area contributed by atoms with Gasteiger partial charge in [0.05, 0.1) is 13.2 Å². The van der Waals surface area contributed by atoms with E-state index in [-0.39, 0.29) is 0 Å². The summed E-state index contributed by atoms with van der Waals surface area (Å²) in [5, 5.41) is 3.29. The van der Waals surface area contributed by atoms with Gasteiger partial charge in [0, 0.05) is 25.8 Å². The number of anilines is 2. The Hall–Kier alpha value is -2.14. The Kier molecular flexibility index (Phi) is 4.63. The summed E-state index contributed by atoms with van der Waals surface area (Å²) >= 11 is 0. The number of rotatable bonds is 5. The SMILES string of the molecule is c1ccc(CCNc2nccc(N3CCOCC3)n2)cc1. The first-order chi connectivity index (χ1) is 10.4. The quantitative estimate of drug-likeness (QED) is 0.909. The van der Waals surface area contributed by atoms with E-state index in [4.69, 9.17) is 4.74 Å². The molecule has 0 bridgehead atoms. The Labute approximate surface area is 125 Å². The van der Waals surface area contributed by atoms with Gasteiger partial charge in [-0.1, -0.05) is 30.3 Å². The van der Waals surface area contributed by atoms with E-state index in [1.54, 1.807) is 0 Å². The number of aromatic nitrogens is 2. The molecular formula is C16H20N4O. The van der Waals surface area contributed by atoms with Gasteiger partial charge in [0.1, 0.15) is 5.82 Å². The maximum Gasteiger partial charge on any atom is 0.224 e. The van der Waals surface area contributed by atoms with Gasteiger partial charge in [-0.2, -0.15) is 4.98 Å². The highest BCUT2D eigenvalue weighted by atomic mass is 16.5. The van der Waals surface area contributed by atoms with Crippen LogP contribution in [-0.4, -0.2) is 42.8 Å². The van der Waals surface area contributed by atoms with Crippen LogP contribution in [-0.2, 0) is 11.2 Å². The summed E-state index contributed by atoms with van der Waals surface area (Å²) in [6.07, 6.45) is 2.77. The molecule has 1 aromatic heterocycles. The lowest BCUT2D eigenvalue weighted by Gasteiger charge is -2.27. The van der Waals surface area contributed by atoms with E-state index in [1.165, 1.54) is 5.56 Å². The number of hydrogen-bond donors (Lipinski definition) is 1. The maximum atomic E-state index is 5.36. The van der Waals surface area contributed by atoms with Crippen molar-refractivity contribution < 1.29 is 4.74 Å². The Morgan fingerprint density at radius 3 is 2.71 bits per heavy atom. The Morgan fingerprint density at radius 2 is 1.90 bits per heavy atom. The fourth-order valence-corrected chi connectivity index (χ4v) is 2.37. The molecule has 0 unspecified atom stereocenters. The highest BCUT2D eigenvalue weighted by molar-refractivity contribution is 5.42. The average molecular weight is 284 g/mol. The zero-order chi connectivity index (χ0) is 14.3. The predicted octanol–water partition coefficient (Wildman–Crippen LogP) is 1.97. The molecule has 1 N–H and O–H groups in total. The Bertz CT molecular complexity index is 555. The summed E-state index contributed by atoms with van der Waals surface area (Å²) in [5.41, 5.74) is 1.31. The summed E-state index contributed by atoms with van der Waals surface area (Å²) in [6.45, 7) is 4.14. The summed E-state index contributed by atoms with van der Waals surface area (Å²) < 4.78 is 5.36. The molecule has 0 saturated carbocycles. The van der Waals surface area contributed by atoms with Crippen LogP contribution < -0.4 is 10.2 Å². The van der Waals surface area contributed by atoms with Crippen molar-refractivity contribution in [1.82, 2.24) is 9.97 Å². The zero-order valence-corrected chi connectivity index (χ0v) is 12.0. The minimum atomic E-state index is 0.690. The van der Waals surface area contributed by atoms with Gasteiger partial charge in [-0.3, -0.25) is 0 Å². The number of benzene rings is 1. The van der Waals surface area contributed by atoms with E-state index in [2.05, 4.69) is 44.5 Å². The van der Waals surface area contributed by atoms with Gasteiger partial charge in [0.25, 0.3) is 0 Å². The molecule has 0 atom stereocenters. The molecule has 0 spiro atoms. The molecule has 3 rings (SSSR count). The first-order valence-electron chi connectivity index (χ1n) is 7.35. The van der Waals surface area contributed by atoms with Gasteiger partial charge < -0.3 is 15.0 Å². The fraction of sp³-hybridized carbons (Fsp3) is 0.375. The van der Waals surface area contributed by atoms with Crippen molar-refractivity contribution in [2.45, 2.75) is 6.42 Å². The lowest BCUT2D eigenvalue weighted by Crippen LogP contribution is -2.36. The summed E-state index contributed by atoms with van der Waals surface area (Å²) in [6, 6.07) is 12.4. The molecule has 1 saturated heterocycles. The lowest BCUT2D eigenvalue weighted by molar-refractivity contribution is 0.122. The van der Waals surface area contributed by atoms with Crippen LogP contribution in [0.1, 0.15) is 5.56 Å². The second kappa shape index (κ2) is 7.04. The molecule has 1 aliphatic rings. The van der Waals surface area contributed by atoms with Crippen molar-refractivity contribution >= 4 is 11.8 Å². The summed E-state index contributed by atoms with van der Waals surface area (Å²) in [5.74, 6) is 1.66. The summed E-state index contributed by atoms with van der Waals surface area (Å²) in [7, 11) is 0. The predicted molar refractivity (Wildman–Crippen MR) is 83.7 cm³/mol. The largest absolute Gasteiger partial charge is 0.378 e. The van der Waals surface area contributed by atoms with Crippen molar-refractivity contribution in [2.75, 3.05) is 43.1 Å². The first-order valence-corrected chi connectivity index (χ1v) is 7.35. The Morgan fingerprint density at radius 1 is 1.10 bits per heavy atom. The molecule has 1 aliphatic heterocycles. The van der Waals surface area contributed by atoms with Gasteiger partial charge >= 0.3 is 0 Å². The minimum absolute atomic E-state index is 0.690. The monoisotopic (exact) mass is 284 g/mol. The van der Waals surface area contributed by atoms with Crippen LogP contribution in [0.2, 0.25) is 0 Å². The second-order valence-electron chi connectivity index (χ2n) is 5.00. The van der Waals surface area contributed by atoms with Crippen LogP contribution in [0.5, 0.6) is 0 Å². The van der Waals surface area contributed by atoms with Crippen molar-refractivity contribution in [3.63, 3.8) is 0 Å². The molecule has 0 amide bonds. The van der Waals surface area contributed by atoms with Crippen molar-refractivity contribution in [3.8, 4) is 0 Å². The number of hydrogen-bond acceptors (Lipinski definition) is 5. The van der Waals surface area contributed by atoms with Crippen LogP contribution >= 0.6 is 0 Å². The van der Waals surface area contributed by atoms with Crippen LogP contribution in [0.25, 0.3) is 0 Å². The zero-order valence-electron chi connectivity index (χ0n) is 12.0. The van der Waals surface area contributed by atoms with E-state index in [0.717, 1.165) is 45.1 Å². The van der Waals surface area contributed by atoms with Crippen LogP contribution in [0.3, 0.4) is 0 Å². The first kappa shape index (κ1) is 13.8. The van der Waals surface area contributed by atoms with Crippen LogP contribution in [0, 0.1) is 0 Å². The van der Waals surface area contributed by atoms with Gasteiger partial charge in [-0.15, -0.1) is 0 Å². The topological polar surface area (TPSA) is 50.3 Å². The van der Waals surface area contributed by atoms with Crippen molar-refractivity contribution in [1.29, 1.82) is 0 Å². The molecular weight excluding hydrogens is 264 g/mol. The molecule has 1 aromatic carbocycles. The third kappa shape index (κ3) is 3.92. The van der Waals surface area contributed by atoms with E-state index < -0.39 is 0 Å². The number of nitrogens with one attached hydrogen (secondary N) is 1. The Balaban J connectivity index is 1.55. The second-order valence-corrected chi connectivity index (χ2v) is 5.00. The standard InChI is InChI=1S/C16H20N4O/c1-2-4-14(5-3-1)6-8-17-16-18-9-7-15(19-16)20-10-12-21-13-11-20/h1-5,7,9H,6,8,10-13H2,(H,17,18,19). The molecule has 2 aromatic rings. The van der Waals surface area contributed by atoms with Crippen LogP contribution in [0.4, 0.5) is 11.8 Å². The highest BCUT2D eigenvalue weighted by Gasteiger charge is 2.12. The molecule has 0 aliphatic carbocycles. The fourth-order valence-electron chi connectivity index (χ4n) is 2.37.